The normalized spacial score (nSPS) is 10.3. The van der Waals surface area contributed by atoms with Gasteiger partial charge in [-0.05, 0) is 29.8 Å². The summed E-state index contributed by atoms with van der Waals surface area (Å²) in [6, 6.07) is 12.8. The summed E-state index contributed by atoms with van der Waals surface area (Å²) in [6.45, 7) is 0.583. The minimum absolute atomic E-state index is 0.258. The molecule has 0 aliphatic heterocycles. The number of hydrogen-bond acceptors (Lipinski definition) is 1. The second kappa shape index (κ2) is 5.65. The average molecular weight is 359 g/mol. The van der Waals surface area contributed by atoms with Crippen molar-refractivity contribution < 1.29 is 4.39 Å². The molecule has 0 amide bonds. The molecule has 0 saturated heterocycles. The summed E-state index contributed by atoms with van der Waals surface area (Å²) in [7, 11) is 0. The van der Waals surface area contributed by atoms with Crippen LogP contribution in [0.5, 0.6) is 0 Å². The van der Waals surface area contributed by atoms with Crippen molar-refractivity contribution in [1.82, 2.24) is 0 Å². The van der Waals surface area contributed by atoms with Crippen LogP contribution in [0.3, 0.4) is 0 Å². The van der Waals surface area contributed by atoms with E-state index in [1.165, 1.54) is 6.07 Å². The molecule has 0 atom stereocenters. The Balaban J connectivity index is 2.10. The zero-order valence-electron chi connectivity index (χ0n) is 8.88. The third-order valence-corrected chi connectivity index (χ3v) is 3.63. The molecular weight excluding hydrogens is 349 g/mol. The van der Waals surface area contributed by atoms with Crippen molar-refractivity contribution >= 4 is 37.5 Å². The summed E-state index contributed by atoms with van der Waals surface area (Å²) in [4.78, 5) is 0. The van der Waals surface area contributed by atoms with E-state index in [-0.39, 0.29) is 5.82 Å². The van der Waals surface area contributed by atoms with Crippen LogP contribution in [-0.2, 0) is 6.54 Å². The molecule has 0 heterocycles. The van der Waals surface area contributed by atoms with E-state index in [1.54, 1.807) is 6.07 Å². The SMILES string of the molecule is Fc1cc(Br)ccc1NCc1ccccc1Br. The maximum absolute atomic E-state index is 13.5. The first-order valence-corrected chi connectivity index (χ1v) is 6.68. The summed E-state index contributed by atoms with van der Waals surface area (Å²) in [6.07, 6.45) is 0. The van der Waals surface area contributed by atoms with Crippen LogP contribution in [-0.4, -0.2) is 0 Å². The Morgan fingerprint density at radius 1 is 1.06 bits per heavy atom. The van der Waals surface area contributed by atoms with Gasteiger partial charge in [-0.1, -0.05) is 50.1 Å². The van der Waals surface area contributed by atoms with Crippen LogP contribution in [0.2, 0.25) is 0 Å². The Hall–Kier alpha value is -0.870. The average Bonchev–Trinajstić information content (AvgIpc) is 2.30. The van der Waals surface area contributed by atoms with Gasteiger partial charge in [-0.3, -0.25) is 0 Å². The lowest BCUT2D eigenvalue weighted by molar-refractivity contribution is 0.629. The minimum Gasteiger partial charge on any atom is -0.379 e. The Labute approximate surface area is 116 Å². The van der Waals surface area contributed by atoms with E-state index in [1.807, 2.05) is 30.3 Å². The highest BCUT2D eigenvalue weighted by atomic mass is 79.9. The van der Waals surface area contributed by atoms with Crippen LogP contribution >= 0.6 is 31.9 Å². The number of halogens is 3. The van der Waals surface area contributed by atoms with Crippen molar-refractivity contribution in [3.63, 3.8) is 0 Å². The van der Waals surface area contributed by atoms with Gasteiger partial charge in [-0.2, -0.15) is 0 Å². The van der Waals surface area contributed by atoms with Gasteiger partial charge in [0.2, 0.25) is 0 Å². The standard InChI is InChI=1S/C13H10Br2FN/c14-10-5-6-13(12(16)7-10)17-8-9-3-1-2-4-11(9)15/h1-7,17H,8H2. The van der Waals surface area contributed by atoms with E-state index < -0.39 is 0 Å². The summed E-state index contributed by atoms with van der Waals surface area (Å²) >= 11 is 6.69. The van der Waals surface area contributed by atoms with E-state index >= 15 is 0 Å². The highest BCUT2D eigenvalue weighted by Gasteiger charge is 2.03. The quantitative estimate of drug-likeness (QED) is 0.817. The molecule has 0 spiro atoms. The Kier molecular flexibility index (Phi) is 4.18. The molecule has 2 aromatic rings. The molecule has 2 rings (SSSR count). The molecule has 1 nitrogen and oxygen atoms in total. The zero-order valence-corrected chi connectivity index (χ0v) is 12.1. The molecule has 0 fully saturated rings. The smallest absolute Gasteiger partial charge is 0.147 e. The van der Waals surface area contributed by atoms with Crippen LogP contribution in [0, 0.1) is 5.82 Å². The molecule has 0 saturated carbocycles. The predicted molar refractivity (Wildman–Crippen MR) is 75.6 cm³/mol. The van der Waals surface area contributed by atoms with Gasteiger partial charge in [0, 0.05) is 15.5 Å². The van der Waals surface area contributed by atoms with E-state index in [0.29, 0.717) is 12.2 Å². The molecule has 0 bridgehead atoms. The minimum atomic E-state index is -0.258. The molecule has 1 N–H and O–H groups in total. The second-order valence-corrected chi connectivity index (χ2v) is 5.34. The fraction of sp³-hybridized carbons (Fsp3) is 0.0769. The maximum atomic E-state index is 13.5. The number of hydrogen-bond donors (Lipinski definition) is 1. The van der Waals surface area contributed by atoms with Crippen LogP contribution in [0.15, 0.2) is 51.4 Å². The van der Waals surface area contributed by atoms with Crippen molar-refractivity contribution in [2.45, 2.75) is 6.54 Å². The van der Waals surface area contributed by atoms with Gasteiger partial charge in [0.1, 0.15) is 5.82 Å². The Bertz CT molecular complexity index is 529. The van der Waals surface area contributed by atoms with E-state index in [2.05, 4.69) is 37.2 Å². The van der Waals surface area contributed by atoms with Gasteiger partial charge in [0.25, 0.3) is 0 Å². The lowest BCUT2D eigenvalue weighted by atomic mass is 10.2. The van der Waals surface area contributed by atoms with Crippen LogP contribution in [0.4, 0.5) is 10.1 Å². The van der Waals surface area contributed by atoms with Gasteiger partial charge in [0.15, 0.2) is 0 Å². The number of benzene rings is 2. The third kappa shape index (κ3) is 3.30. The predicted octanol–water partition coefficient (Wildman–Crippen LogP) is 4.96. The first-order valence-electron chi connectivity index (χ1n) is 5.09. The molecule has 88 valence electrons. The Morgan fingerprint density at radius 3 is 2.53 bits per heavy atom. The van der Waals surface area contributed by atoms with E-state index in [4.69, 9.17) is 0 Å². The van der Waals surface area contributed by atoms with Gasteiger partial charge in [-0.15, -0.1) is 0 Å². The number of rotatable bonds is 3. The van der Waals surface area contributed by atoms with Gasteiger partial charge in [-0.25, -0.2) is 4.39 Å². The van der Waals surface area contributed by atoms with Crippen molar-refractivity contribution in [1.29, 1.82) is 0 Å². The van der Waals surface area contributed by atoms with Gasteiger partial charge >= 0.3 is 0 Å². The van der Waals surface area contributed by atoms with Gasteiger partial charge in [0.05, 0.1) is 5.69 Å². The summed E-state index contributed by atoms with van der Waals surface area (Å²) in [5.41, 5.74) is 1.60. The van der Waals surface area contributed by atoms with Crippen LogP contribution in [0.1, 0.15) is 5.56 Å². The Morgan fingerprint density at radius 2 is 1.82 bits per heavy atom. The maximum Gasteiger partial charge on any atom is 0.147 e. The molecular formula is C13H10Br2FN. The fourth-order valence-electron chi connectivity index (χ4n) is 1.47. The van der Waals surface area contributed by atoms with Crippen LogP contribution in [0.25, 0.3) is 0 Å². The highest BCUT2D eigenvalue weighted by molar-refractivity contribution is 9.10. The lowest BCUT2D eigenvalue weighted by Gasteiger charge is -2.09. The van der Waals surface area contributed by atoms with E-state index in [9.17, 15) is 4.39 Å². The topological polar surface area (TPSA) is 12.0 Å². The number of nitrogens with one attached hydrogen (secondary N) is 1. The second-order valence-electron chi connectivity index (χ2n) is 3.57. The van der Waals surface area contributed by atoms with Crippen molar-refractivity contribution in [3.05, 3.63) is 62.8 Å². The largest absolute Gasteiger partial charge is 0.379 e. The molecule has 0 aliphatic carbocycles. The zero-order chi connectivity index (χ0) is 12.3. The third-order valence-electron chi connectivity index (χ3n) is 2.36. The highest BCUT2D eigenvalue weighted by Crippen LogP contribution is 2.21. The van der Waals surface area contributed by atoms with Crippen molar-refractivity contribution in [3.8, 4) is 0 Å². The monoisotopic (exact) mass is 357 g/mol. The van der Waals surface area contributed by atoms with Crippen molar-refractivity contribution in [2.24, 2.45) is 0 Å². The lowest BCUT2D eigenvalue weighted by Crippen LogP contribution is -2.01. The summed E-state index contributed by atoms with van der Waals surface area (Å²) < 4.78 is 15.3. The fourth-order valence-corrected chi connectivity index (χ4v) is 2.22. The first-order chi connectivity index (χ1) is 8.16. The van der Waals surface area contributed by atoms with Gasteiger partial charge < -0.3 is 5.32 Å². The molecule has 0 aliphatic rings. The molecule has 2 aromatic carbocycles. The molecule has 4 heteroatoms. The molecule has 17 heavy (non-hydrogen) atoms. The molecule has 0 radical (unpaired) electrons. The van der Waals surface area contributed by atoms with Crippen molar-refractivity contribution in [2.75, 3.05) is 5.32 Å². The van der Waals surface area contributed by atoms with Crippen LogP contribution < -0.4 is 5.32 Å². The van der Waals surface area contributed by atoms with E-state index in [0.717, 1.165) is 14.5 Å². The molecule has 0 aromatic heterocycles. The summed E-state index contributed by atoms with van der Waals surface area (Å²) in [5.74, 6) is -0.258. The first kappa shape index (κ1) is 12.6. The molecule has 0 unspecified atom stereocenters. The summed E-state index contributed by atoms with van der Waals surface area (Å²) in [5, 5.41) is 3.07. The number of anilines is 1.